The van der Waals surface area contributed by atoms with Crippen molar-refractivity contribution >= 4 is 17.1 Å². The van der Waals surface area contributed by atoms with Gasteiger partial charge in [-0.2, -0.15) is 0 Å². The number of allylic oxidation sites excluding steroid dienone is 4. The van der Waals surface area contributed by atoms with E-state index in [0.29, 0.717) is 18.0 Å². The summed E-state index contributed by atoms with van der Waals surface area (Å²) in [6, 6.07) is 3.13. The third-order valence-electron chi connectivity index (χ3n) is 7.67. The largest absolute Gasteiger partial charge is 0.367 e. The first-order chi connectivity index (χ1) is 16.9. The first kappa shape index (κ1) is 22.4. The maximum Gasteiger partial charge on any atom is 0.255 e. The van der Waals surface area contributed by atoms with E-state index in [-0.39, 0.29) is 11.8 Å². The van der Waals surface area contributed by atoms with E-state index in [9.17, 15) is 4.79 Å². The van der Waals surface area contributed by atoms with Crippen LogP contribution < -0.4 is 5.32 Å². The lowest BCUT2D eigenvalue weighted by Crippen LogP contribution is -2.53. The first-order valence-corrected chi connectivity index (χ1v) is 13.0. The molecule has 0 spiro atoms. The van der Waals surface area contributed by atoms with Crippen molar-refractivity contribution in [2.24, 2.45) is 5.92 Å². The minimum atomic E-state index is 0.0192. The zero-order chi connectivity index (χ0) is 24.3. The lowest BCUT2D eigenvalue weighted by atomic mass is 9.89. The van der Waals surface area contributed by atoms with Crippen molar-refractivity contribution in [2.45, 2.75) is 65.0 Å². The lowest BCUT2D eigenvalue weighted by Gasteiger charge is -2.39. The highest BCUT2D eigenvalue weighted by Gasteiger charge is 2.30. The van der Waals surface area contributed by atoms with Crippen LogP contribution in [0.2, 0.25) is 0 Å². The Morgan fingerprint density at radius 3 is 2.51 bits per heavy atom. The van der Waals surface area contributed by atoms with Crippen LogP contribution in [0.15, 0.2) is 60.4 Å². The van der Waals surface area contributed by atoms with Gasteiger partial charge in [-0.25, -0.2) is 4.98 Å². The van der Waals surface area contributed by atoms with Gasteiger partial charge in [0.2, 0.25) is 0 Å². The molecule has 6 nitrogen and oxygen atoms in total. The fourth-order valence-electron chi connectivity index (χ4n) is 5.82. The molecule has 0 aromatic carbocycles. The van der Waals surface area contributed by atoms with Crippen molar-refractivity contribution in [2.75, 3.05) is 13.1 Å². The van der Waals surface area contributed by atoms with Gasteiger partial charge in [0.15, 0.2) is 0 Å². The summed E-state index contributed by atoms with van der Waals surface area (Å²) in [7, 11) is 0. The van der Waals surface area contributed by atoms with E-state index in [1.807, 2.05) is 24.1 Å². The number of imidazole rings is 1. The number of amides is 1. The van der Waals surface area contributed by atoms with Crippen molar-refractivity contribution in [3.8, 4) is 0 Å². The molecule has 1 saturated carbocycles. The number of carbonyl (C=O) groups excluding carboxylic acids is 1. The Bertz CT molecular complexity index is 1300. The van der Waals surface area contributed by atoms with Gasteiger partial charge in [0.1, 0.15) is 5.65 Å². The highest BCUT2D eigenvalue weighted by molar-refractivity contribution is 5.98. The second-order valence-corrected chi connectivity index (χ2v) is 10.9. The number of fused-ring (bicyclic) bond motifs is 2. The molecule has 0 radical (unpaired) electrons. The summed E-state index contributed by atoms with van der Waals surface area (Å²) in [4.78, 5) is 22.7. The molecule has 0 bridgehead atoms. The molecule has 5 heterocycles. The standard InChI is InChI=1S/C29H35N5O/c1-18-5-8-24-9-10-25(32-13-19(2)30-20(3)14-32)17-34(24)28(35)12-26(18)23-11-27(22-6-7-22)29-31-21(4)15-33(29)16-23/h8-12,15-20,22,30H,5-7,13-14H2,1-4H3. The average molecular weight is 470 g/mol. The smallest absolute Gasteiger partial charge is 0.255 e. The SMILES string of the molecule is Cc1cn2cc(C3=CC(=O)N4C=C(N5CC(C)NC(C)C5)C=CC4=CCC3C)cc(C3CC3)c2n1. The molecule has 3 atom stereocenters. The van der Waals surface area contributed by atoms with Crippen molar-refractivity contribution < 1.29 is 4.79 Å². The van der Waals surface area contributed by atoms with Crippen LogP contribution in [0, 0.1) is 12.8 Å². The molecule has 6 heteroatoms. The van der Waals surface area contributed by atoms with E-state index in [2.05, 4.69) is 72.1 Å². The van der Waals surface area contributed by atoms with E-state index in [4.69, 9.17) is 4.98 Å². The molecular formula is C29H35N5O. The Morgan fingerprint density at radius 1 is 1.03 bits per heavy atom. The molecule has 1 aliphatic carbocycles. The van der Waals surface area contributed by atoms with Gasteiger partial charge in [-0.1, -0.05) is 13.0 Å². The molecule has 2 fully saturated rings. The van der Waals surface area contributed by atoms with Gasteiger partial charge in [0.05, 0.1) is 11.4 Å². The maximum absolute atomic E-state index is 13.7. The van der Waals surface area contributed by atoms with Crippen LogP contribution in [0.5, 0.6) is 0 Å². The van der Waals surface area contributed by atoms with Gasteiger partial charge in [0, 0.05) is 55.5 Å². The Morgan fingerprint density at radius 2 is 1.77 bits per heavy atom. The summed E-state index contributed by atoms with van der Waals surface area (Å²) in [6.45, 7) is 10.6. The van der Waals surface area contributed by atoms with Gasteiger partial charge < -0.3 is 14.6 Å². The maximum atomic E-state index is 13.7. The van der Waals surface area contributed by atoms with Crippen LogP contribution in [0.25, 0.3) is 11.2 Å². The number of carbonyl (C=O) groups is 1. The van der Waals surface area contributed by atoms with E-state index in [0.717, 1.165) is 53.4 Å². The number of rotatable bonds is 3. The van der Waals surface area contributed by atoms with E-state index in [1.165, 1.54) is 18.4 Å². The number of pyridine rings is 1. The van der Waals surface area contributed by atoms with Crippen molar-refractivity contribution in [1.29, 1.82) is 0 Å². The quantitative estimate of drug-likeness (QED) is 0.705. The number of aryl methyl sites for hydroxylation is 1. The Hall–Kier alpha value is -3.12. The van der Waals surface area contributed by atoms with Crippen LogP contribution >= 0.6 is 0 Å². The molecular weight excluding hydrogens is 434 g/mol. The summed E-state index contributed by atoms with van der Waals surface area (Å²) in [6.07, 6.45) is 18.0. The summed E-state index contributed by atoms with van der Waals surface area (Å²) in [5.74, 6) is 0.856. The third kappa shape index (κ3) is 4.25. The fourth-order valence-corrected chi connectivity index (χ4v) is 5.82. The molecule has 1 N–H and O–H groups in total. The number of hydrogen-bond acceptors (Lipinski definition) is 4. The Labute approximate surface area is 207 Å². The predicted molar refractivity (Wildman–Crippen MR) is 139 cm³/mol. The average Bonchev–Trinajstić information content (AvgIpc) is 3.59. The summed E-state index contributed by atoms with van der Waals surface area (Å²) >= 11 is 0. The number of aromatic nitrogens is 2. The number of hydrogen-bond donors (Lipinski definition) is 1. The lowest BCUT2D eigenvalue weighted by molar-refractivity contribution is -0.122. The van der Waals surface area contributed by atoms with Gasteiger partial charge >= 0.3 is 0 Å². The molecule has 2 aromatic heterocycles. The van der Waals surface area contributed by atoms with Gasteiger partial charge in [-0.3, -0.25) is 9.69 Å². The number of nitrogens with one attached hydrogen (secondary N) is 1. The third-order valence-corrected chi connectivity index (χ3v) is 7.67. The Balaban J connectivity index is 1.36. The van der Waals surface area contributed by atoms with Gasteiger partial charge in [0.25, 0.3) is 5.91 Å². The minimum absolute atomic E-state index is 0.0192. The zero-order valence-electron chi connectivity index (χ0n) is 21.2. The fraction of sp³-hybridized carbons (Fsp3) is 0.448. The highest BCUT2D eigenvalue weighted by atomic mass is 16.2. The number of piperazine rings is 1. The van der Waals surface area contributed by atoms with Crippen LogP contribution in [0.1, 0.15) is 62.8 Å². The molecule has 3 aliphatic heterocycles. The van der Waals surface area contributed by atoms with Crippen molar-refractivity contribution in [1.82, 2.24) is 24.5 Å². The second kappa shape index (κ2) is 8.52. The summed E-state index contributed by atoms with van der Waals surface area (Å²) in [5, 5.41) is 3.59. The van der Waals surface area contributed by atoms with Crippen LogP contribution in [0.4, 0.5) is 0 Å². The predicted octanol–water partition coefficient (Wildman–Crippen LogP) is 4.75. The van der Waals surface area contributed by atoms with E-state index < -0.39 is 0 Å². The monoisotopic (exact) mass is 469 g/mol. The molecule has 1 saturated heterocycles. The van der Waals surface area contributed by atoms with Gasteiger partial charge in [-0.15, -0.1) is 0 Å². The molecule has 1 amide bonds. The van der Waals surface area contributed by atoms with Crippen LogP contribution in [0.3, 0.4) is 0 Å². The number of nitrogens with zero attached hydrogens (tertiary/aromatic N) is 4. The Kier molecular flexibility index (Phi) is 5.44. The molecule has 35 heavy (non-hydrogen) atoms. The highest BCUT2D eigenvalue weighted by Crippen LogP contribution is 2.43. The molecule has 3 unspecified atom stereocenters. The van der Waals surface area contributed by atoms with Gasteiger partial charge in [-0.05, 0) is 86.8 Å². The topological polar surface area (TPSA) is 52.9 Å². The zero-order valence-corrected chi connectivity index (χ0v) is 21.2. The van der Waals surface area contributed by atoms with Crippen molar-refractivity contribution in [3.63, 3.8) is 0 Å². The summed E-state index contributed by atoms with van der Waals surface area (Å²) in [5.41, 5.74) is 7.73. The van der Waals surface area contributed by atoms with Crippen LogP contribution in [-0.2, 0) is 4.79 Å². The van der Waals surface area contributed by atoms with Crippen LogP contribution in [-0.4, -0.2) is 50.3 Å². The van der Waals surface area contributed by atoms with E-state index >= 15 is 0 Å². The molecule has 182 valence electrons. The molecule has 6 rings (SSSR count). The first-order valence-electron chi connectivity index (χ1n) is 13.0. The second-order valence-electron chi connectivity index (χ2n) is 10.9. The molecule has 2 aromatic rings. The summed E-state index contributed by atoms with van der Waals surface area (Å²) < 4.78 is 2.16. The van der Waals surface area contributed by atoms with Crippen molar-refractivity contribution in [3.05, 3.63) is 77.2 Å². The minimum Gasteiger partial charge on any atom is -0.367 e. The normalized spacial score (nSPS) is 27.3. The van der Waals surface area contributed by atoms with E-state index in [1.54, 1.807) is 0 Å². The molecule has 4 aliphatic rings.